The molecule has 0 unspecified atom stereocenters. The van der Waals surface area contributed by atoms with Crippen molar-refractivity contribution in [2.24, 2.45) is 0 Å². The molecule has 3 aromatic rings. The average Bonchev–Trinajstić information content (AvgIpc) is 2.63. The first-order chi connectivity index (χ1) is 12.3. The van der Waals surface area contributed by atoms with Gasteiger partial charge in [0.15, 0.2) is 6.61 Å². The van der Waals surface area contributed by atoms with Crippen LogP contribution in [0.1, 0.15) is 0 Å². The lowest BCUT2D eigenvalue weighted by molar-refractivity contribution is -0.142. The molecule has 2 heterocycles. The van der Waals surface area contributed by atoms with E-state index >= 15 is 0 Å². The fourth-order valence-corrected chi connectivity index (χ4v) is 2.80. The van der Waals surface area contributed by atoms with Gasteiger partial charge in [-0.2, -0.15) is 0 Å². The van der Waals surface area contributed by atoms with E-state index in [0.717, 1.165) is 10.8 Å². The Morgan fingerprint density at radius 3 is 2.64 bits per heavy atom. The number of benzene rings is 2. The molecule has 1 saturated heterocycles. The van der Waals surface area contributed by atoms with E-state index in [4.69, 9.17) is 9.47 Å². The Labute approximate surface area is 145 Å². The molecular weight excluding hydrogens is 316 g/mol. The summed E-state index contributed by atoms with van der Waals surface area (Å²) in [7, 11) is 0. The van der Waals surface area contributed by atoms with Gasteiger partial charge >= 0.3 is 0 Å². The van der Waals surface area contributed by atoms with E-state index in [9.17, 15) is 4.79 Å². The molecule has 1 aliphatic heterocycles. The summed E-state index contributed by atoms with van der Waals surface area (Å²) < 4.78 is 11.3. The van der Waals surface area contributed by atoms with Crippen LogP contribution in [0.15, 0.2) is 66.9 Å². The fraction of sp³-hybridized carbons (Fsp3) is 0.200. The highest BCUT2D eigenvalue weighted by atomic mass is 16.5. The molecule has 0 saturated carbocycles. The number of hydrogen-bond acceptors (Lipinski definition) is 4. The Balaban J connectivity index is 1.27. The van der Waals surface area contributed by atoms with Crippen LogP contribution >= 0.6 is 0 Å². The summed E-state index contributed by atoms with van der Waals surface area (Å²) in [6, 6.07) is 19.4. The van der Waals surface area contributed by atoms with E-state index in [1.807, 2.05) is 60.7 Å². The van der Waals surface area contributed by atoms with E-state index in [-0.39, 0.29) is 18.6 Å². The zero-order valence-corrected chi connectivity index (χ0v) is 13.7. The van der Waals surface area contributed by atoms with Crippen LogP contribution in [-0.2, 0) is 4.79 Å². The molecule has 0 radical (unpaired) electrons. The third-order valence-corrected chi connectivity index (χ3v) is 4.21. The van der Waals surface area contributed by atoms with Crippen LogP contribution in [0.25, 0.3) is 10.8 Å². The Morgan fingerprint density at radius 1 is 1.04 bits per heavy atom. The van der Waals surface area contributed by atoms with E-state index in [2.05, 4.69) is 4.98 Å². The Kier molecular flexibility index (Phi) is 4.21. The SMILES string of the molecule is O=C(COc1ccc2ccccc2c1)N1CC(Oc2ccccn2)C1. The second kappa shape index (κ2) is 6.81. The monoisotopic (exact) mass is 334 g/mol. The van der Waals surface area contributed by atoms with Crippen LogP contribution in [0.3, 0.4) is 0 Å². The van der Waals surface area contributed by atoms with Crippen molar-refractivity contribution in [2.75, 3.05) is 19.7 Å². The quantitative estimate of drug-likeness (QED) is 0.720. The molecule has 1 aromatic heterocycles. The minimum atomic E-state index is -0.0333. The molecule has 5 heteroatoms. The normalized spacial score (nSPS) is 14.2. The number of fused-ring (bicyclic) bond motifs is 1. The van der Waals surface area contributed by atoms with Crippen molar-refractivity contribution in [1.29, 1.82) is 0 Å². The molecule has 0 spiro atoms. The van der Waals surface area contributed by atoms with Crippen LogP contribution in [0.4, 0.5) is 0 Å². The van der Waals surface area contributed by atoms with E-state index in [1.165, 1.54) is 0 Å². The minimum Gasteiger partial charge on any atom is -0.484 e. The van der Waals surface area contributed by atoms with Gasteiger partial charge in [-0.25, -0.2) is 4.98 Å². The molecule has 1 aliphatic rings. The zero-order valence-electron chi connectivity index (χ0n) is 13.7. The number of carbonyl (C=O) groups is 1. The van der Waals surface area contributed by atoms with Gasteiger partial charge in [-0.15, -0.1) is 0 Å². The molecule has 0 aliphatic carbocycles. The van der Waals surface area contributed by atoms with Crippen LogP contribution in [-0.4, -0.2) is 41.6 Å². The predicted octanol–water partition coefficient (Wildman–Crippen LogP) is 2.90. The van der Waals surface area contributed by atoms with E-state index in [0.29, 0.717) is 24.7 Å². The second-order valence-corrected chi connectivity index (χ2v) is 6.00. The molecule has 1 amide bonds. The maximum atomic E-state index is 12.2. The lowest BCUT2D eigenvalue weighted by Crippen LogP contribution is -2.57. The third-order valence-electron chi connectivity index (χ3n) is 4.21. The fourth-order valence-electron chi connectivity index (χ4n) is 2.80. The number of hydrogen-bond donors (Lipinski definition) is 0. The maximum absolute atomic E-state index is 12.2. The van der Waals surface area contributed by atoms with Gasteiger partial charge in [0.1, 0.15) is 11.9 Å². The van der Waals surface area contributed by atoms with Crippen LogP contribution in [0.2, 0.25) is 0 Å². The average molecular weight is 334 g/mol. The topological polar surface area (TPSA) is 51.7 Å². The number of amides is 1. The van der Waals surface area contributed by atoms with Gasteiger partial charge in [0.05, 0.1) is 13.1 Å². The van der Waals surface area contributed by atoms with E-state index in [1.54, 1.807) is 11.1 Å². The summed E-state index contributed by atoms with van der Waals surface area (Å²) in [4.78, 5) is 18.0. The Hall–Kier alpha value is -3.08. The highest BCUT2D eigenvalue weighted by Gasteiger charge is 2.32. The van der Waals surface area contributed by atoms with Crippen molar-refractivity contribution in [2.45, 2.75) is 6.10 Å². The summed E-state index contributed by atoms with van der Waals surface area (Å²) in [5.41, 5.74) is 0. The Morgan fingerprint density at radius 2 is 1.84 bits per heavy atom. The third kappa shape index (κ3) is 3.55. The zero-order chi connectivity index (χ0) is 17.1. The number of ether oxygens (including phenoxy) is 2. The second-order valence-electron chi connectivity index (χ2n) is 6.00. The molecule has 0 bridgehead atoms. The summed E-state index contributed by atoms with van der Waals surface area (Å²) in [5, 5.41) is 2.25. The predicted molar refractivity (Wildman–Crippen MR) is 94.7 cm³/mol. The summed E-state index contributed by atoms with van der Waals surface area (Å²) in [6.07, 6.45) is 1.69. The number of nitrogens with zero attached hydrogens (tertiary/aromatic N) is 2. The molecule has 126 valence electrons. The number of aromatic nitrogens is 1. The molecule has 1 fully saturated rings. The first-order valence-electron chi connectivity index (χ1n) is 8.25. The molecular formula is C20H18N2O3. The van der Waals surface area contributed by atoms with Gasteiger partial charge < -0.3 is 14.4 Å². The lowest BCUT2D eigenvalue weighted by atomic mass is 10.1. The maximum Gasteiger partial charge on any atom is 0.260 e. The van der Waals surface area contributed by atoms with Gasteiger partial charge in [-0.05, 0) is 29.0 Å². The molecule has 0 atom stereocenters. The van der Waals surface area contributed by atoms with E-state index < -0.39 is 0 Å². The summed E-state index contributed by atoms with van der Waals surface area (Å²) in [6.45, 7) is 1.17. The van der Waals surface area contributed by atoms with Crippen molar-refractivity contribution in [3.63, 3.8) is 0 Å². The summed E-state index contributed by atoms with van der Waals surface area (Å²) in [5.74, 6) is 1.26. The molecule has 5 nitrogen and oxygen atoms in total. The molecule has 25 heavy (non-hydrogen) atoms. The first-order valence-corrected chi connectivity index (χ1v) is 8.25. The van der Waals surface area contributed by atoms with Gasteiger partial charge in [-0.1, -0.05) is 36.4 Å². The summed E-state index contributed by atoms with van der Waals surface area (Å²) >= 11 is 0. The molecule has 4 rings (SSSR count). The van der Waals surface area contributed by atoms with Gasteiger partial charge in [-0.3, -0.25) is 4.79 Å². The molecule has 0 N–H and O–H groups in total. The van der Waals surface area contributed by atoms with Crippen molar-refractivity contribution in [3.05, 3.63) is 66.9 Å². The van der Waals surface area contributed by atoms with Crippen LogP contribution in [0, 0.1) is 0 Å². The Bertz CT molecular complexity index is 876. The lowest BCUT2D eigenvalue weighted by Gasteiger charge is -2.38. The first kappa shape index (κ1) is 15.4. The highest BCUT2D eigenvalue weighted by Crippen LogP contribution is 2.21. The van der Waals surface area contributed by atoms with Crippen LogP contribution < -0.4 is 9.47 Å². The standard InChI is InChI=1S/C20H18N2O3/c23-20(22-12-18(13-22)25-19-7-3-4-10-21-19)14-24-17-9-8-15-5-1-2-6-16(15)11-17/h1-11,18H,12-14H2. The van der Waals surface area contributed by atoms with Gasteiger partial charge in [0.2, 0.25) is 5.88 Å². The number of rotatable bonds is 5. The largest absolute Gasteiger partial charge is 0.484 e. The smallest absolute Gasteiger partial charge is 0.260 e. The van der Waals surface area contributed by atoms with Crippen molar-refractivity contribution in [1.82, 2.24) is 9.88 Å². The van der Waals surface area contributed by atoms with Crippen LogP contribution in [0.5, 0.6) is 11.6 Å². The molecule has 2 aromatic carbocycles. The van der Waals surface area contributed by atoms with Crippen molar-refractivity contribution in [3.8, 4) is 11.6 Å². The van der Waals surface area contributed by atoms with Crippen molar-refractivity contribution < 1.29 is 14.3 Å². The number of carbonyl (C=O) groups excluding carboxylic acids is 1. The van der Waals surface area contributed by atoms with Crippen molar-refractivity contribution >= 4 is 16.7 Å². The number of likely N-dealkylation sites (tertiary alicyclic amines) is 1. The minimum absolute atomic E-state index is 0.000445. The van der Waals surface area contributed by atoms with Gasteiger partial charge in [0, 0.05) is 12.3 Å². The number of pyridine rings is 1. The highest BCUT2D eigenvalue weighted by molar-refractivity contribution is 5.84. The van der Waals surface area contributed by atoms with Gasteiger partial charge in [0.25, 0.3) is 5.91 Å².